The van der Waals surface area contributed by atoms with E-state index in [0.717, 1.165) is 0 Å². The summed E-state index contributed by atoms with van der Waals surface area (Å²) in [4.78, 5) is 17.8. The molecule has 0 aliphatic rings. The van der Waals surface area contributed by atoms with Crippen molar-refractivity contribution in [2.75, 3.05) is 11.9 Å². The number of anilines is 1. The summed E-state index contributed by atoms with van der Waals surface area (Å²) in [7, 11) is 0. The molecule has 0 unspecified atom stereocenters. The van der Waals surface area contributed by atoms with Gasteiger partial charge in [0.1, 0.15) is 12.4 Å². The molecule has 0 radical (unpaired) electrons. The third kappa shape index (κ3) is 3.77. The molecule has 0 atom stereocenters. The van der Waals surface area contributed by atoms with E-state index in [4.69, 9.17) is 4.52 Å². The molecule has 0 saturated carbocycles. The van der Waals surface area contributed by atoms with Crippen LogP contribution in [-0.4, -0.2) is 27.6 Å². The van der Waals surface area contributed by atoms with Crippen LogP contribution in [0.25, 0.3) is 0 Å². The molecular formula is C14H17FN4O2. The van der Waals surface area contributed by atoms with E-state index in [1.165, 1.54) is 17.0 Å². The molecule has 2 amide bonds. The van der Waals surface area contributed by atoms with Crippen molar-refractivity contribution < 1.29 is 13.7 Å². The first-order valence-corrected chi connectivity index (χ1v) is 6.61. The molecule has 112 valence electrons. The van der Waals surface area contributed by atoms with Gasteiger partial charge >= 0.3 is 6.03 Å². The lowest BCUT2D eigenvalue weighted by Crippen LogP contribution is -2.34. The molecule has 0 bridgehead atoms. The fourth-order valence-corrected chi connectivity index (χ4v) is 1.82. The van der Waals surface area contributed by atoms with Crippen molar-refractivity contribution in [2.45, 2.75) is 27.3 Å². The fourth-order valence-electron chi connectivity index (χ4n) is 1.82. The number of nitrogens with zero attached hydrogens (tertiary/aromatic N) is 3. The molecule has 0 aliphatic carbocycles. The summed E-state index contributed by atoms with van der Waals surface area (Å²) in [6.45, 7) is 5.91. The zero-order valence-corrected chi connectivity index (χ0v) is 12.2. The van der Waals surface area contributed by atoms with Crippen molar-refractivity contribution >= 4 is 11.7 Å². The van der Waals surface area contributed by atoms with Gasteiger partial charge in [-0.2, -0.15) is 4.98 Å². The Morgan fingerprint density at radius 1 is 1.43 bits per heavy atom. The van der Waals surface area contributed by atoms with Crippen LogP contribution in [0, 0.1) is 19.7 Å². The molecule has 21 heavy (non-hydrogen) atoms. The first kappa shape index (κ1) is 15.0. The molecule has 0 spiro atoms. The summed E-state index contributed by atoms with van der Waals surface area (Å²) in [5.41, 5.74) is 1.02. The molecule has 1 heterocycles. The lowest BCUT2D eigenvalue weighted by molar-refractivity contribution is 0.203. The molecular weight excluding hydrogens is 275 g/mol. The number of carbonyl (C=O) groups excluding carboxylic acids is 1. The zero-order valence-electron chi connectivity index (χ0n) is 12.2. The van der Waals surface area contributed by atoms with Gasteiger partial charge in [0.25, 0.3) is 0 Å². The fraction of sp³-hybridized carbons (Fsp3) is 0.357. The summed E-state index contributed by atoms with van der Waals surface area (Å²) < 4.78 is 18.2. The molecule has 0 aliphatic heterocycles. The van der Waals surface area contributed by atoms with Crippen LogP contribution in [-0.2, 0) is 6.54 Å². The Morgan fingerprint density at radius 3 is 2.76 bits per heavy atom. The van der Waals surface area contributed by atoms with Gasteiger partial charge in [-0.3, -0.25) is 0 Å². The van der Waals surface area contributed by atoms with Crippen LogP contribution < -0.4 is 5.32 Å². The Balaban J connectivity index is 2.04. The van der Waals surface area contributed by atoms with E-state index >= 15 is 0 Å². The van der Waals surface area contributed by atoms with E-state index in [1.807, 2.05) is 6.92 Å². The molecule has 7 heteroatoms. The second kappa shape index (κ2) is 6.34. The number of hydrogen-bond acceptors (Lipinski definition) is 4. The normalized spacial score (nSPS) is 10.5. The van der Waals surface area contributed by atoms with Crippen molar-refractivity contribution in [1.29, 1.82) is 0 Å². The Labute approximate surface area is 121 Å². The summed E-state index contributed by atoms with van der Waals surface area (Å²) >= 11 is 0. The molecule has 1 N–H and O–H groups in total. The number of urea groups is 1. The predicted molar refractivity (Wildman–Crippen MR) is 75.3 cm³/mol. The number of aromatic nitrogens is 2. The van der Waals surface area contributed by atoms with Crippen LogP contribution in [0.2, 0.25) is 0 Å². The van der Waals surface area contributed by atoms with Crippen molar-refractivity contribution in [3.63, 3.8) is 0 Å². The molecule has 2 rings (SSSR count). The minimum atomic E-state index is -0.306. The quantitative estimate of drug-likeness (QED) is 0.940. The van der Waals surface area contributed by atoms with E-state index in [1.54, 1.807) is 19.9 Å². The van der Waals surface area contributed by atoms with Gasteiger partial charge in [0.05, 0.1) is 0 Å². The third-order valence-corrected chi connectivity index (χ3v) is 2.97. The maximum absolute atomic E-state index is 13.2. The van der Waals surface area contributed by atoms with Gasteiger partial charge in [0.15, 0.2) is 5.82 Å². The highest BCUT2D eigenvalue weighted by Gasteiger charge is 2.16. The molecule has 1 aromatic heterocycles. The Morgan fingerprint density at radius 2 is 2.19 bits per heavy atom. The van der Waals surface area contributed by atoms with E-state index in [-0.39, 0.29) is 18.4 Å². The van der Waals surface area contributed by atoms with Gasteiger partial charge in [0, 0.05) is 12.2 Å². The summed E-state index contributed by atoms with van der Waals surface area (Å²) in [6.07, 6.45) is 0. The van der Waals surface area contributed by atoms with E-state index < -0.39 is 0 Å². The summed E-state index contributed by atoms with van der Waals surface area (Å²) in [6, 6.07) is 4.12. The second-order valence-electron chi connectivity index (χ2n) is 4.64. The van der Waals surface area contributed by atoms with Crippen molar-refractivity contribution in [2.24, 2.45) is 0 Å². The van der Waals surface area contributed by atoms with E-state index in [9.17, 15) is 9.18 Å². The SMILES string of the molecule is CCN(Cc1nc(C)no1)C(=O)Nc1ccc(F)c(C)c1. The smallest absolute Gasteiger partial charge is 0.322 e. The average molecular weight is 292 g/mol. The minimum Gasteiger partial charge on any atom is -0.337 e. The number of halogens is 1. The van der Waals surface area contributed by atoms with E-state index in [2.05, 4.69) is 15.5 Å². The topological polar surface area (TPSA) is 71.3 Å². The Hall–Kier alpha value is -2.44. The average Bonchev–Trinajstić information content (AvgIpc) is 2.85. The maximum Gasteiger partial charge on any atom is 0.322 e. The minimum absolute atomic E-state index is 0.226. The summed E-state index contributed by atoms with van der Waals surface area (Å²) in [5.74, 6) is 0.595. The number of hydrogen-bond donors (Lipinski definition) is 1. The Kier molecular flexibility index (Phi) is 4.52. The zero-order chi connectivity index (χ0) is 15.4. The molecule has 0 fully saturated rings. The highest BCUT2D eigenvalue weighted by Crippen LogP contribution is 2.14. The lowest BCUT2D eigenvalue weighted by Gasteiger charge is -2.19. The number of rotatable bonds is 4. The second-order valence-corrected chi connectivity index (χ2v) is 4.64. The maximum atomic E-state index is 13.2. The van der Waals surface area contributed by atoms with Crippen LogP contribution in [0.15, 0.2) is 22.7 Å². The molecule has 2 aromatic rings. The lowest BCUT2D eigenvalue weighted by atomic mass is 10.2. The van der Waals surface area contributed by atoms with Crippen molar-refractivity contribution in [1.82, 2.24) is 15.0 Å². The van der Waals surface area contributed by atoms with Crippen LogP contribution >= 0.6 is 0 Å². The number of nitrogens with one attached hydrogen (secondary N) is 1. The van der Waals surface area contributed by atoms with Crippen LogP contribution in [0.1, 0.15) is 24.2 Å². The van der Waals surface area contributed by atoms with Crippen LogP contribution in [0.4, 0.5) is 14.9 Å². The number of carbonyl (C=O) groups is 1. The first-order chi connectivity index (χ1) is 9.99. The van der Waals surface area contributed by atoms with Crippen LogP contribution in [0.5, 0.6) is 0 Å². The van der Waals surface area contributed by atoms with E-state index in [0.29, 0.717) is 29.5 Å². The summed E-state index contributed by atoms with van der Waals surface area (Å²) in [5, 5.41) is 6.40. The number of amides is 2. The number of benzene rings is 1. The first-order valence-electron chi connectivity index (χ1n) is 6.61. The van der Waals surface area contributed by atoms with Gasteiger partial charge < -0.3 is 14.7 Å². The molecule has 6 nitrogen and oxygen atoms in total. The van der Waals surface area contributed by atoms with Gasteiger partial charge in [-0.05, 0) is 44.5 Å². The third-order valence-electron chi connectivity index (χ3n) is 2.97. The monoisotopic (exact) mass is 292 g/mol. The highest BCUT2D eigenvalue weighted by molar-refractivity contribution is 5.89. The van der Waals surface area contributed by atoms with Crippen molar-refractivity contribution in [3.8, 4) is 0 Å². The van der Waals surface area contributed by atoms with Gasteiger partial charge in [-0.25, -0.2) is 9.18 Å². The van der Waals surface area contributed by atoms with Gasteiger partial charge in [-0.1, -0.05) is 5.16 Å². The standard InChI is InChI=1S/C14H17FN4O2/c1-4-19(8-13-16-10(3)18-21-13)14(20)17-11-5-6-12(15)9(2)7-11/h5-7H,4,8H2,1-3H3,(H,17,20). The molecule has 1 aromatic carbocycles. The molecule has 0 saturated heterocycles. The Bertz CT molecular complexity index is 642. The van der Waals surface area contributed by atoms with Crippen LogP contribution in [0.3, 0.4) is 0 Å². The number of aryl methyl sites for hydroxylation is 2. The largest absolute Gasteiger partial charge is 0.337 e. The van der Waals surface area contributed by atoms with Crippen molar-refractivity contribution in [3.05, 3.63) is 41.3 Å². The van der Waals surface area contributed by atoms with Gasteiger partial charge in [0.2, 0.25) is 5.89 Å². The predicted octanol–water partition coefficient (Wildman–Crippen LogP) is 2.88. The van der Waals surface area contributed by atoms with Gasteiger partial charge in [-0.15, -0.1) is 0 Å². The highest BCUT2D eigenvalue weighted by atomic mass is 19.1.